The van der Waals surface area contributed by atoms with Gasteiger partial charge in [0.2, 0.25) is 0 Å². The van der Waals surface area contributed by atoms with Gasteiger partial charge >= 0.3 is 0 Å². The minimum absolute atomic E-state index is 0.595. The summed E-state index contributed by atoms with van der Waals surface area (Å²) in [5, 5.41) is 0. The van der Waals surface area contributed by atoms with E-state index in [9.17, 15) is 0 Å². The van der Waals surface area contributed by atoms with E-state index in [1.165, 1.54) is 5.56 Å². The van der Waals surface area contributed by atoms with E-state index in [1.807, 2.05) is 37.3 Å². The molecule has 2 aromatic rings. The molecule has 2 rings (SSSR count). The molecule has 16 heavy (non-hydrogen) atoms. The molecule has 0 saturated heterocycles. The molecule has 0 N–H and O–H groups in total. The van der Waals surface area contributed by atoms with Gasteiger partial charge in [-0.05, 0) is 36.8 Å². The summed E-state index contributed by atoms with van der Waals surface area (Å²) in [6.45, 7) is 2.64. The normalized spacial score (nSPS) is 10.8. The molecule has 80 valence electrons. The van der Waals surface area contributed by atoms with Crippen LogP contribution in [0.4, 0.5) is 0 Å². The molecule has 0 spiro atoms. The minimum Gasteiger partial charge on any atom is -0.285 e. The van der Waals surface area contributed by atoms with Crippen molar-refractivity contribution in [3.63, 3.8) is 0 Å². The van der Waals surface area contributed by atoms with E-state index >= 15 is 0 Å². The van der Waals surface area contributed by atoms with Gasteiger partial charge in [0.1, 0.15) is 0 Å². The van der Waals surface area contributed by atoms with E-state index in [0.717, 1.165) is 11.4 Å². The third-order valence-electron chi connectivity index (χ3n) is 2.14. The molecule has 0 radical (unpaired) electrons. The topological polar surface area (TPSA) is 38.1 Å². The van der Waals surface area contributed by atoms with Gasteiger partial charge in [-0.25, -0.2) is 0 Å². The van der Waals surface area contributed by atoms with Gasteiger partial charge in [0.25, 0.3) is 0 Å². The smallest absolute Gasteiger partial charge is 0.0812 e. The average molecular weight is 211 g/mol. The molecule has 0 unspecified atom stereocenters. The van der Waals surface area contributed by atoms with Crippen LogP contribution in [0.3, 0.4) is 0 Å². The van der Waals surface area contributed by atoms with E-state index in [0.29, 0.717) is 6.54 Å². The highest BCUT2D eigenvalue weighted by molar-refractivity contribution is 5.76. The van der Waals surface area contributed by atoms with Gasteiger partial charge in [-0.1, -0.05) is 6.07 Å². The average Bonchev–Trinajstić information content (AvgIpc) is 2.30. The second kappa shape index (κ2) is 5.16. The van der Waals surface area contributed by atoms with Crippen molar-refractivity contribution in [2.24, 2.45) is 4.99 Å². The highest BCUT2D eigenvalue weighted by Crippen LogP contribution is 2.01. The van der Waals surface area contributed by atoms with E-state index < -0.39 is 0 Å². The zero-order valence-electron chi connectivity index (χ0n) is 9.17. The predicted octanol–water partition coefficient (Wildman–Crippen LogP) is 2.40. The summed E-state index contributed by atoms with van der Waals surface area (Å²) in [6, 6.07) is 9.77. The number of aryl methyl sites for hydroxylation is 1. The number of rotatable bonds is 3. The number of aromatic nitrogens is 2. The number of pyridine rings is 2. The lowest BCUT2D eigenvalue weighted by Crippen LogP contribution is -1.90. The van der Waals surface area contributed by atoms with E-state index in [-0.39, 0.29) is 0 Å². The van der Waals surface area contributed by atoms with Crippen LogP contribution >= 0.6 is 0 Å². The zero-order chi connectivity index (χ0) is 11.2. The molecule has 0 bridgehead atoms. The molecule has 0 aliphatic heterocycles. The fourth-order valence-electron chi connectivity index (χ4n) is 1.37. The summed E-state index contributed by atoms with van der Waals surface area (Å²) in [6.07, 6.45) is 5.33. The Labute approximate surface area is 94.9 Å². The summed E-state index contributed by atoms with van der Waals surface area (Å²) >= 11 is 0. The first-order valence-corrected chi connectivity index (χ1v) is 5.17. The van der Waals surface area contributed by atoms with Crippen molar-refractivity contribution in [1.82, 2.24) is 9.97 Å². The van der Waals surface area contributed by atoms with Gasteiger partial charge in [0, 0.05) is 18.6 Å². The van der Waals surface area contributed by atoms with Crippen molar-refractivity contribution in [3.8, 4) is 0 Å². The van der Waals surface area contributed by atoms with Crippen molar-refractivity contribution in [2.45, 2.75) is 13.5 Å². The Bertz CT molecular complexity index is 478. The summed E-state index contributed by atoms with van der Waals surface area (Å²) in [7, 11) is 0. The molecular weight excluding hydrogens is 198 g/mol. The zero-order valence-corrected chi connectivity index (χ0v) is 9.17. The molecule has 0 amide bonds. The van der Waals surface area contributed by atoms with Crippen LogP contribution in [-0.4, -0.2) is 16.2 Å². The van der Waals surface area contributed by atoms with Crippen LogP contribution in [-0.2, 0) is 6.54 Å². The Balaban J connectivity index is 2.00. The van der Waals surface area contributed by atoms with Crippen molar-refractivity contribution in [1.29, 1.82) is 0 Å². The van der Waals surface area contributed by atoms with Crippen LogP contribution < -0.4 is 0 Å². The number of hydrogen-bond acceptors (Lipinski definition) is 3. The lowest BCUT2D eigenvalue weighted by atomic mass is 10.2. The molecular formula is C13H13N3. The maximum atomic E-state index is 4.30. The largest absolute Gasteiger partial charge is 0.285 e. The molecule has 2 aromatic heterocycles. The predicted molar refractivity (Wildman–Crippen MR) is 64.5 cm³/mol. The maximum absolute atomic E-state index is 4.30. The van der Waals surface area contributed by atoms with Crippen LogP contribution in [0, 0.1) is 6.92 Å². The van der Waals surface area contributed by atoms with Crippen LogP contribution in [0.15, 0.2) is 47.7 Å². The standard InChI is InChI=1S/C13H13N3/c1-11-5-7-16-13(8-11)10-14-9-12-4-2-3-6-15-12/h2-9H,10H2,1H3. The molecule has 0 aromatic carbocycles. The Morgan fingerprint density at radius 3 is 2.88 bits per heavy atom. The van der Waals surface area contributed by atoms with Crippen LogP contribution in [0.2, 0.25) is 0 Å². The fraction of sp³-hybridized carbons (Fsp3) is 0.154. The van der Waals surface area contributed by atoms with Gasteiger partial charge < -0.3 is 0 Å². The van der Waals surface area contributed by atoms with Crippen molar-refractivity contribution in [2.75, 3.05) is 0 Å². The number of nitrogens with zero attached hydrogens (tertiary/aromatic N) is 3. The SMILES string of the molecule is Cc1ccnc(CN=Cc2ccccn2)c1. The highest BCUT2D eigenvalue weighted by atomic mass is 14.8. The van der Waals surface area contributed by atoms with Crippen LogP contribution in [0.5, 0.6) is 0 Å². The van der Waals surface area contributed by atoms with Gasteiger partial charge in [-0.3, -0.25) is 15.0 Å². The molecule has 2 heterocycles. The molecule has 0 fully saturated rings. The van der Waals surface area contributed by atoms with Gasteiger partial charge in [0.05, 0.1) is 17.9 Å². The Morgan fingerprint density at radius 2 is 2.12 bits per heavy atom. The maximum Gasteiger partial charge on any atom is 0.0812 e. The van der Waals surface area contributed by atoms with Crippen molar-refractivity contribution < 1.29 is 0 Å². The van der Waals surface area contributed by atoms with Gasteiger partial charge in [-0.15, -0.1) is 0 Å². The Hall–Kier alpha value is -2.03. The van der Waals surface area contributed by atoms with Gasteiger partial charge in [0.15, 0.2) is 0 Å². The van der Waals surface area contributed by atoms with E-state index in [2.05, 4.69) is 15.0 Å². The van der Waals surface area contributed by atoms with Gasteiger partial charge in [-0.2, -0.15) is 0 Å². The molecule has 0 atom stereocenters. The summed E-state index contributed by atoms with van der Waals surface area (Å²) in [4.78, 5) is 12.7. The fourth-order valence-corrected chi connectivity index (χ4v) is 1.37. The molecule has 0 aliphatic rings. The molecule has 0 saturated carbocycles. The van der Waals surface area contributed by atoms with Crippen molar-refractivity contribution in [3.05, 3.63) is 59.7 Å². The highest BCUT2D eigenvalue weighted by Gasteiger charge is 1.92. The number of aliphatic imine (C=N–C) groups is 1. The third-order valence-corrected chi connectivity index (χ3v) is 2.14. The molecule has 0 aliphatic carbocycles. The van der Waals surface area contributed by atoms with Crippen LogP contribution in [0.1, 0.15) is 17.0 Å². The van der Waals surface area contributed by atoms with E-state index in [4.69, 9.17) is 0 Å². The number of hydrogen-bond donors (Lipinski definition) is 0. The Kier molecular flexibility index (Phi) is 3.38. The molecule has 3 nitrogen and oxygen atoms in total. The minimum atomic E-state index is 0.595. The third kappa shape index (κ3) is 2.98. The monoisotopic (exact) mass is 211 g/mol. The van der Waals surface area contributed by atoms with Crippen molar-refractivity contribution >= 4 is 6.21 Å². The lowest BCUT2D eigenvalue weighted by molar-refractivity contribution is 0.988. The van der Waals surface area contributed by atoms with Crippen LogP contribution in [0.25, 0.3) is 0 Å². The summed E-state index contributed by atoms with van der Waals surface area (Å²) < 4.78 is 0. The second-order valence-electron chi connectivity index (χ2n) is 3.55. The first kappa shape index (κ1) is 10.5. The van der Waals surface area contributed by atoms with E-state index in [1.54, 1.807) is 18.6 Å². The first-order chi connectivity index (χ1) is 7.84. The molecule has 3 heteroatoms. The first-order valence-electron chi connectivity index (χ1n) is 5.17. The Morgan fingerprint density at radius 1 is 1.19 bits per heavy atom. The lowest BCUT2D eigenvalue weighted by Gasteiger charge is -1.96. The summed E-state index contributed by atoms with van der Waals surface area (Å²) in [5.41, 5.74) is 3.06. The quantitative estimate of drug-likeness (QED) is 0.731. The summed E-state index contributed by atoms with van der Waals surface area (Å²) in [5.74, 6) is 0. The second-order valence-corrected chi connectivity index (χ2v) is 3.55.